The van der Waals surface area contributed by atoms with E-state index in [-0.39, 0.29) is 23.3 Å². The van der Waals surface area contributed by atoms with Crippen molar-refractivity contribution in [3.63, 3.8) is 0 Å². The lowest BCUT2D eigenvalue weighted by atomic mass is 9.98. The Bertz CT molecular complexity index is 1040. The topological polar surface area (TPSA) is 66.5 Å². The fourth-order valence-electron chi connectivity index (χ4n) is 3.37. The van der Waals surface area contributed by atoms with Gasteiger partial charge in [0.2, 0.25) is 15.9 Å². The molecule has 30 heavy (non-hydrogen) atoms. The number of nitrogens with one attached hydrogen (secondary N) is 1. The zero-order valence-corrected chi connectivity index (χ0v) is 19.0. The highest BCUT2D eigenvalue weighted by molar-refractivity contribution is 9.10. The molecule has 1 atom stereocenters. The van der Waals surface area contributed by atoms with E-state index in [2.05, 4.69) is 20.7 Å². The maximum Gasteiger partial charge on any atom is 0.246 e. The average Bonchev–Trinajstić information content (AvgIpc) is 2.73. The smallest absolute Gasteiger partial charge is 0.246 e. The van der Waals surface area contributed by atoms with E-state index in [1.54, 1.807) is 41.3 Å². The molecule has 2 aromatic carbocycles. The summed E-state index contributed by atoms with van der Waals surface area (Å²) in [5.74, 6) is -0.580. The van der Waals surface area contributed by atoms with Gasteiger partial charge in [-0.25, -0.2) is 17.5 Å². The third kappa shape index (κ3) is 6.00. The highest BCUT2D eigenvalue weighted by atomic mass is 79.9. The summed E-state index contributed by atoms with van der Waals surface area (Å²) in [7, 11) is -3.58. The Morgan fingerprint density at radius 2 is 2.00 bits per heavy atom. The molecule has 0 saturated carbocycles. The Labute approximate surface area is 185 Å². The Kier molecular flexibility index (Phi) is 7.44. The second-order valence-electron chi connectivity index (χ2n) is 7.46. The summed E-state index contributed by atoms with van der Waals surface area (Å²) in [6.07, 6.45) is 4.46. The zero-order valence-electron chi connectivity index (χ0n) is 16.6. The summed E-state index contributed by atoms with van der Waals surface area (Å²) in [5, 5.41) is 0. The Morgan fingerprint density at radius 1 is 1.27 bits per heavy atom. The van der Waals surface area contributed by atoms with E-state index in [0.717, 1.165) is 22.9 Å². The largest absolute Gasteiger partial charge is 0.339 e. The van der Waals surface area contributed by atoms with Gasteiger partial charge in [0.15, 0.2) is 0 Å². The summed E-state index contributed by atoms with van der Waals surface area (Å²) in [6, 6.07) is 11.2. The molecule has 0 aliphatic carbocycles. The first-order chi connectivity index (χ1) is 14.2. The number of amides is 1. The third-order valence-corrected chi connectivity index (χ3v) is 7.02. The second-order valence-corrected chi connectivity index (χ2v) is 10.1. The van der Waals surface area contributed by atoms with E-state index in [4.69, 9.17) is 0 Å². The van der Waals surface area contributed by atoms with Crippen LogP contribution in [0.15, 0.2) is 57.9 Å². The van der Waals surface area contributed by atoms with Crippen molar-refractivity contribution >= 4 is 37.9 Å². The molecule has 1 N–H and O–H groups in total. The minimum absolute atomic E-state index is 0.0268. The Hall–Kier alpha value is -2.03. The average molecular weight is 495 g/mol. The van der Waals surface area contributed by atoms with E-state index in [9.17, 15) is 17.6 Å². The predicted octanol–water partition coefficient (Wildman–Crippen LogP) is 4.13. The van der Waals surface area contributed by atoms with Gasteiger partial charge in [0.25, 0.3) is 0 Å². The van der Waals surface area contributed by atoms with E-state index >= 15 is 0 Å². The molecule has 1 saturated heterocycles. The maximum absolute atomic E-state index is 13.8. The molecule has 1 aliphatic heterocycles. The molecular formula is C22H24BrFN2O3S. The molecule has 0 bridgehead atoms. The van der Waals surface area contributed by atoms with Crippen molar-refractivity contribution in [3.05, 3.63) is 70.0 Å². The lowest BCUT2D eigenvalue weighted by Gasteiger charge is -2.32. The van der Waals surface area contributed by atoms with Crippen LogP contribution in [0.5, 0.6) is 0 Å². The third-order valence-electron chi connectivity index (χ3n) is 5.09. The number of piperidine rings is 1. The quantitative estimate of drug-likeness (QED) is 0.614. The van der Waals surface area contributed by atoms with Crippen molar-refractivity contribution < 1.29 is 17.6 Å². The van der Waals surface area contributed by atoms with Crippen LogP contribution in [0.2, 0.25) is 0 Å². The minimum atomic E-state index is -3.58. The van der Waals surface area contributed by atoms with E-state index < -0.39 is 15.8 Å². The summed E-state index contributed by atoms with van der Waals surface area (Å²) in [6.45, 7) is 3.23. The fourth-order valence-corrected chi connectivity index (χ4v) is 4.86. The van der Waals surface area contributed by atoms with Crippen molar-refractivity contribution in [2.45, 2.75) is 24.7 Å². The molecule has 0 radical (unpaired) electrons. The first-order valence-corrected chi connectivity index (χ1v) is 12.0. The summed E-state index contributed by atoms with van der Waals surface area (Å²) < 4.78 is 42.2. The van der Waals surface area contributed by atoms with Gasteiger partial charge in [-0.2, -0.15) is 0 Å². The molecule has 3 rings (SSSR count). The SMILES string of the molecule is Cc1ccc(S(=O)(=O)NCC2CCCN(C(=O)C=Cc3cc(Br)ccc3F)C2)cc1. The van der Waals surface area contributed by atoms with Crippen LogP contribution in [0.3, 0.4) is 0 Å². The van der Waals surface area contributed by atoms with Gasteiger partial charge in [-0.3, -0.25) is 4.79 Å². The first-order valence-electron chi connectivity index (χ1n) is 9.73. The van der Waals surface area contributed by atoms with E-state index in [0.29, 0.717) is 18.7 Å². The molecule has 1 unspecified atom stereocenters. The summed E-state index contributed by atoms with van der Waals surface area (Å²) >= 11 is 3.29. The highest BCUT2D eigenvalue weighted by Gasteiger charge is 2.24. The molecule has 2 aromatic rings. The van der Waals surface area contributed by atoms with Crippen molar-refractivity contribution in [2.75, 3.05) is 19.6 Å². The van der Waals surface area contributed by atoms with Gasteiger partial charge < -0.3 is 4.90 Å². The van der Waals surface area contributed by atoms with Crippen molar-refractivity contribution in [2.24, 2.45) is 5.92 Å². The molecule has 5 nitrogen and oxygen atoms in total. The maximum atomic E-state index is 13.8. The van der Waals surface area contributed by atoms with Crippen LogP contribution >= 0.6 is 15.9 Å². The normalized spacial score (nSPS) is 17.4. The van der Waals surface area contributed by atoms with Crippen LogP contribution in [-0.4, -0.2) is 38.9 Å². The van der Waals surface area contributed by atoms with Gasteiger partial charge >= 0.3 is 0 Å². The van der Waals surface area contributed by atoms with Crippen LogP contribution < -0.4 is 4.72 Å². The number of aryl methyl sites for hydroxylation is 1. The first kappa shape index (κ1) is 22.7. The molecule has 1 aliphatic rings. The second kappa shape index (κ2) is 9.85. The van der Waals surface area contributed by atoms with Crippen LogP contribution in [-0.2, 0) is 14.8 Å². The van der Waals surface area contributed by atoms with Crippen molar-refractivity contribution in [1.29, 1.82) is 0 Å². The van der Waals surface area contributed by atoms with E-state index in [1.807, 2.05) is 6.92 Å². The minimum Gasteiger partial charge on any atom is -0.339 e. The van der Waals surface area contributed by atoms with Crippen molar-refractivity contribution in [1.82, 2.24) is 9.62 Å². The van der Waals surface area contributed by atoms with Crippen LogP contribution in [0, 0.1) is 18.7 Å². The zero-order chi connectivity index (χ0) is 21.7. The molecule has 8 heteroatoms. The lowest BCUT2D eigenvalue weighted by molar-refractivity contribution is -0.127. The number of hydrogen-bond donors (Lipinski definition) is 1. The number of nitrogens with zero attached hydrogens (tertiary/aromatic N) is 1. The fraction of sp³-hybridized carbons (Fsp3) is 0.318. The van der Waals surface area contributed by atoms with Gasteiger partial charge in [0.1, 0.15) is 5.82 Å². The number of rotatable bonds is 6. The number of carbonyl (C=O) groups excluding carboxylic acids is 1. The molecular weight excluding hydrogens is 471 g/mol. The molecule has 0 spiro atoms. The Balaban J connectivity index is 1.58. The van der Waals surface area contributed by atoms with Crippen LogP contribution in [0.4, 0.5) is 4.39 Å². The number of carbonyl (C=O) groups is 1. The number of likely N-dealkylation sites (tertiary alicyclic amines) is 1. The molecule has 0 aromatic heterocycles. The van der Waals surface area contributed by atoms with Crippen LogP contribution in [0.1, 0.15) is 24.0 Å². The van der Waals surface area contributed by atoms with Gasteiger partial charge in [0, 0.05) is 35.7 Å². The van der Waals surface area contributed by atoms with Gasteiger partial charge in [-0.05, 0) is 62.1 Å². The summed E-state index contributed by atoms with van der Waals surface area (Å²) in [4.78, 5) is 14.4. The highest BCUT2D eigenvalue weighted by Crippen LogP contribution is 2.19. The molecule has 1 fully saturated rings. The van der Waals surface area contributed by atoms with E-state index in [1.165, 1.54) is 18.2 Å². The Morgan fingerprint density at radius 3 is 2.73 bits per heavy atom. The lowest BCUT2D eigenvalue weighted by Crippen LogP contribution is -2.43. The predicted molar refractivity (Wildman–Crippen MR) is 119 cm³/mol. The monoisotopic (exact) mass is 494 g/mol. The van der Waals surface area contributed by atoms with Gasteiger partial charge in [-0.1, -0.05) is 33.6 Å². The number of halogens is 2. The molecule has 1 heterocycles. The standard InChI is InChI=1S/C22H24BrFN2O3S/c1-16-4-8-20(9-5-16)30(28,29)25-14-17-3-2-12-26(15-17)22(27)11-6-18-13-19(23)7-10-21(18)24/h4-11,13,17,25H,2-3,12,14-15H2,1H3. The molecule has 1 amide bonds. The summed E-state index contributed by atoms with van der Waals surface area (Å²) in [5.41, 5.74) is 1.32. The van der Waals surface area contributed by atoms with Gasteiger partial charge in [-0.15, -0.1) is 0 Å². The number of hydrogen-bond acceptors (Lipinski definition) is 3. The number of benzene rings is 2. The number of sulfonamides is 1. The van der Waals surface area contributed by atoms with Gasteiger partial charge in [0.05, 0.1) is 4.90 Å². The van der Waals surface area contributed by atoms with Crippen molar-refractivity contribution in [3.8, 4) is 0 Å². The van der Waals surface area contributed by atoms with Crippen LogP contribution in [0.25, 0.3) is 6.08 Å². The molecule has 160 valence electrons.